The molecule has 0 aromatic heterocycles. The molecule has 2 heterocycles. The summed E-state index contributed by atoms with van der Waals surface area (Å²) >= 11 is 1.64. The molecule has 35 heavy (non-hydrogen) atoms. The van der Waals surface area contributed by atoms with Gasteiger partial charge in [0.25, 0.3) is 0 Å². The summed E-state index contributed by atoms with van der Waals surface area (Å²) in [5.41, 5.74) is 3.06. The average molecular weight is 497 g/mol. The number of esters is 1. The first-order valence-electron chi connectivity index (χ1n) is 11.7. The Bertz CT molecular complexity index is 1060. The normalized spacial score (nSPS) is 18.7. The van der Waals surface area contributed by atoms with Crippen molar-refractivity contribution in [2.75, 3.05) is 57.6 Å². The summed E-state index contributed by atoms with van der Waals surface area (Å²) in [5, 5.41) is 5.80. The second kappa shape index (κ2) is 11.5. The summed E-state index contributed by atoms with van der Waals surface area (Å²) < 4.78 is 10.7. The van der Waals surface area contributed by atoms with Crippen LogP contribution >= 0.6 is 11.8 Å². The zero-order valence-corrected chi connectivity index (χ0v) is 21.2. The molecule has 2 aromatic carbocycles. The first-order chi connectivity index (χ1) is 17.0. The molecule has 2 aliphatic heterocycles. The molecule has 0 bridgehead atoms. The highest BCUT2D eigenvalue weighted by Crippen LogP contribution is 2.30. The van der Waals surface area contributed by atoms with Crippen LogP contribution in [0.3, 0.4) is 0 Å². The molecule has 0 spiro atoms. The van der Waals surface area contributed by atoms with Crippen LogP contribution in [0.25, 0.3) is 0 Å². The van der Waals surface area contributed by atoms with Gasteiger partial charge < -0.3 is 25.0 Å². The fraction of sp³-hybridized carbons (Fsp3) is 0.385. The second-order valence-electron chi connectivity index (χ2n) is 8.38. The van der Waals surface area contributed by atoms with Gasteiger partial charge in [-0.3, -0.25) is 4.90 Å². The Labute approximate surface area is 210 Å². The number of hydrogen-bond acceptors (Lipinski definition) is 7. The van der Waals surface area contributed by atoms with Gasteiger partial charge in [-0.15, -0.1) is 11.8 Å². The van der Waals surface area contributed by atoms with Crippen molar-refractivity contribution in [3.63, 3.8) is 0 Å². The minimum Gasteiger partial charge on any atom is -0.497 e. The van der Waals surface area contributed by atoms with E-state index in [-0.39, 0.29) is 12.6 Å². The summed E-state index contributed by atoms with van der Waals surface area (Å²) in [6.45, 7) is 5.83. The van der Waals surface area contributed by atoms with E-state index >= 15 is 0 Å². The topological polar surface area (TPSA) is 83.1 Å². The largest absolute Gasteiger partial charge is 0.497 e. The highest BCUT2D eigenvalue weighted by atomic mass is 32.2. The first-order valence-corrected chi connectivity index (χ1v) is 13.0. The van der Waals surface area contributed by atoms with Gasteiger partial charge in [0.05, 0.1) is 25.3 Å². The average Bonchev–Trinajstić information content (AvgIpc) is 2.89. The Kier molecular flexibility index (Phi) is 8.20. The number of benzene rings is 2. The van der Waals surface area contributed by atoms with Gasteiger partial charge >= 0.3 is 12.0 Å². The lowest BCUT2D eigenvalue weighted by atomic mass is 9.95. The highest BCUT2D eigenvalue weighted by molar-refractivity contribution is 7.98. The molecule has 2 aromatic rings. The number of methoxy groups -OCH3 is 1. The zero-order chi connectivity index (χ0) is 24.8. The SMILES string of the molecule is CCOC(=O)C1=C(CN2CCN(c3ccc(OC)cc3)CC2)NC(=O)N[C@@H]1c1ccc(SC)cc1. The number of anilines is 1. The number of rotatable bonds is 8. The number of piperazine rings is 1. The summed E-state index contributed by atoms with van der Waals surface area (Å²) in [6.07, 6.45) is 2.01. The lowest BCUT2D eigenvalue weighted by Crippen LogP contribution is -2.51. The van der Waals surface area contributed by atoms with Crippen LogP contribution in [0.2, 0.25) is 0 Å². The molecular formula is C26H32N4O4S. The van der Waals surface area contributed by atoms with E-state index in [1.165, 1.54) is 0 Å². The number of hydrogen-bond donors (Lipinski definition) is 2. The van der Waals surface area contributed by atoms with Crippen LogP contribution in [0, 0.1) is 0 Å². The Hall–Kier alpha value is -3.17. The third-order valence-corrected chi connectivity index (χ3v) is 7.03. The van der Waals surface area contributed by atoms with Crippen LogP contribution < -0.4 is 20.3 Å². The van der Waals surface area contributed by atoms with Gasteiger partial charge in [0.1, 0.15) is 5.75 Å². The highest BCUT2D eigenvalue weighted by Gasteiger charge is 2.34. The summed E-state index contributed by atoms with van der Waals surface area (Å²) in [4.78, 5) is 31.3. The predicted molar refractivity (Wildman–Crippen MR) is 138 cm³/mol. The molecule has 186 valence electrons. The van der Waals surface area contributed by atoms with Gasteiger partial charge in [0.2, 0.25) is 0 Å². The third-order valence-electron chi connectivity index (χ3n) is 6.29. The van der Waals surface area contributed by atoms with E-state index in [0.717, 1.165) is 48.1 Å². The van der Waals surface area contributed by atoms with E-state index in [9.17, 15) is 9.59 Å². The summed E-state index contributed by atoms with van der Waals surface area (Å²) in [6, 6.07) is 15.1. The smallest absolute Gasteiger partial charge is 0.338 e. The molecular weight excluding hydrogens is 464 g/mol. The molecule has 8 nitrogen and oxygen atoms in total. The first kappa shape index (κ1) is 24.9. The van der Waals surface area contributed by atoms with Crippen molar-refractivity contribution < 1.29 is 19.1 Å². The molecule has 1 saturated heterocycles. The van der Waals surface area contributed by atoms with Crippen LogP contribution in [-0.2, 0) is 9.53 Å². The zero-order valence-electron chi connectivity index (χ0n) is 20.4. The molecule has 0 radical (unpaired) electrons. The predicted octanol–water partition coefficient (Wildman–Crippen LogP) is 3.41. The fourth-order valence-electron chi connectivity index (χ4n) is 4.42. The number of ether oxygens (including phenoxy) is 2. The minimum absolute atomic E-state index is 0.266. The molecule has 0 saturated carbocycles. The van der Waals surface area contributed by atoms with Crippen molar-refractivity contribution >= 4 is 29.4 Å². The lowest BCUT2D eigenvalue weighted by molar-refractivity contribution is -0.139. The number of urea groups is 1. The number of carbonyl (C=O) groups excluding carboxylic acids is 2. The van der Waals surface area contributed by atoms with E-state index in [0.29, 0.717) is 17.8 Å². The molecule has 2 aliphatic rings. The maximum Gasteiger partial charge on any atom is 0.338 e. The number of nitrogens with one attached hydrogen (secondary N) is 2. The van der Waals surface area contributed by atoms with E-state index in [1.54, 1.807) is 25.8 Å². The molecule has 4 rings (SSSR count). The third kappa shape index (κ3) is 5.91. The van der Waals surface area contributed by atoms with Crippen LogP contribution in [-0.4, -0.2) is 69.6 Å². The van der Waals surface area contributed by atoms with Crippen molar-refractivity contribution in [3.05, 3.63) is 65.4 Å². The maximum absolute atomic E-state index is 13.0. The fourth-order valence-corrected chi connectivity index (χ4v) is 4.83. The molecule has 1 atom stereocenters. The molecule has 2 amide bonds. The van der Waals surface area contributed by atoms with Gasteiger partial charge in [-0.25, -0.2) is 9.59 Å². The van der Waals surface area contributed by atoms with Crippen molar-refractivity contribution in [3.8, 4) is 5.75 Å². The molecule has 9 heteroatoms. The standard InChI is InChI=1S/C26H32N4O4S/c1-4-34-25(31)23-22(27-26(32)28-24(23)18-5-11-21(35-3)12-6-18)17-29-13-15-30(16-14-29)19-7-9-20(33-2)10-8-19/h5-12,24H,4,13-17H2,1-3H3,(H2,27,28,32)/t24-/m1/s1. The second-order valence-corrected chi connectivity index (χ2v) is 9.26. The van der Waals surface area contributed by atoms with Crippen LogP contribution in [0.4, 0.5) is 10.5 Å². The summed E-state index contributed by atoms with van der Waals surface area (Å²) in [5.74, 6) is 0.427. The maximum atomic E-state index is 13.0. The molecule has 0 unspecified atom stereocenters. The van der Waals surface area contributed by atoms with Crippen LogP contribution in [0.5, 0.6) is 5.75 Å². The van der Waals surface area contributed by atoms with Crippen molar-refractivity contribution in [1.29, 1.82) is 0 Å². The lowest BCUT2D eigenvalue weighted by Gasteiger charge is -2.38. The van der Waals surface area contributed by atoms with Crippen molar-refractivity contribution in [2.24, 2.45) is 0 Å². The van der Waals surface area contributed by atoms with E-state index in [1.807, 2.05) is 42.7 Å². The Morgan fingerprint density at radius 2 is 1.74 bits per heavy atom. The van der Waals surface area contributed by atoms with Gasteiger partial charge in [-0.1, -0.05) is 12.1 Å². The van der Waals surface area contributed by atoms with Crippen LogP contribution in [0.1, 0.15) is 18.5 Å². The Balaban J connectivity index is 1.52. The number of nitrogens with zero attached hydrogens (tertiary/aromatic N) is 2. The van der Waals surface area contributed by atoms with Gasteiger partial charge in [0, 0.05) is 49.0 Å². The molecule has 0 aliphatic carbocycles. The van der Waals surface area contributed by atoms with Crippen molar-refractivity contribution in [2.45, 2.75) is 17.9 Å². The van der Waals surface area contributed by atoms with Gasteiger partial charge in [-0.2, -0.15) is 0 Å². The minimum atomic E-state index is -0.561. The molecule has 2 N–H and O–H groups in total. The van der Waals surface area contributed by atoms with Crippen molar-refractivity contribution in [1.82, 2.24) is 15.5 Å². The summed E-state index contributed by atoms with van der Waals surface area (Å²) in [7, 11) is 1.66. The Morgan fingerprint density at radius 1 is 1.06 bits per heavy atom. The monoisotopic (exact) mass is 496 g/mol. The quantitative estimate of drug-likeness (QED) is 0.428. The molecule has 1 fully saturated rings. The van der Waals surface area contributed by atoms with E-state index in [4.69, 9.17) is 9.47 Å². The Morgan fingerprint density at radius 3 is 2.34 bits per heavy atom. The number of carbonyl (C=O) groups is 2. The van der Waals surface area contributed by atoms with E-state index < -0.39 is 12.0 Å². The number of amides is 2. The van der Waals surface area contributed by atoms with Gasteiger partial charge in [0.15, 0.2) is 0 Å². The van der Waals surface area contributed by atoms with Crippen LogP contribution in [0.15, 0.2) is 64.7 Å². The number of thioether (sulfide) groups is 1. The van der Waals surface area contributed by atoms with E-state index in [2.05, 4.69) is 32.6 Å². The van der Waals surface area contributed by atoms with Gasteiger partial charge in [-0.05, 0) is 55.1 Å².